The van der Waals surface area contributed by atoms with Crippen molar-refractivity contribution in [2.45, 2.75) is 91.9 Å². The Hall–Kier alpha value is -4.12. The lowest BCUT2D eigenvalue weighted by atomic mass is 9.91. The van der Waals surface area contributed by atoms with Crippen molar-refractivity contribution >= 4 is 75.5 Å². The molecule has 0 fully saturated rings. The molecule has 4 heteroatoms. The van der Waals surface area contributed by atoms with Gasteiger partial charge in [0.2, 0.25) is 0 Å². The number of hydrogen-bond acceptors (Lipinski definition) is 0. The summed E-state index contributed by atoms with van der Waals surface area (Å²) in [4.78, 5) is 0. The molecular weight excluding hydrogens is 812 g/mol. The molecule has 0 aliphatic heterocycles. The molecule has 0 radical (unpaired) electrons. The van der Waals surface area contributed by atoms with Crippen LogP contribution in [0.4, 0.5) is 0 Å². The van der Waals surface area contributed by atoms with Gasteiger partial charge in [-0.3, -0.25) is 0 Å². The molecule has 0 aliphatic carbocycles. The molecule has 0 bridgehead atoms. The molecule has 0 saturated heterocycles. The maximum atomic E-state index is 3.77. The van der Waals surface area contributed by atoms with E-state index in [4.69, 9.17) is 0 Å². The quantitative estimate of drug-likeness (QED) is 0.0972. The lowest BCUT2D eigenvalue weighted by Crippen LogP contribution is -2.05. The first-order chi connectivity index (χ1) is 27.4. The van der Waals surface area contributed by atoms with Crippen molar-refractivity contribution in [2.75, 3.05) is 0 Å². The first-order valence-corrected chi connectivity index (χ1v) is 22.6. The predicted octanol–water partition coefficient (Wildman–Crippen LogP) is 16.6. The molecule has 2 heterocycles. The summed E-state index contributed by atoms with van der Waals surface area (Å²) in [6, 6.07) is 45.8. The van der Waals surface area contributed by atoms with Crippen LogP contribution in [-0.4, -0.2) is 9.13 Å². The topological polar surface area (TPSA) is 9.86 Å². The van der Waals surface area contributed by atoms with Crippen LogP contribution in [0.25, 0.3) is 66.1 Å². The summed E-state index contributed by atoms with van der Waals surface area (Å²) >= 11 is 7.55. The highest BCUT2D eigenvalue weighted by Crippen LogP contribution is 2.39. The van der Waals surface area contributed by atoms with Crippen LogP contribution in [0, 0.1) is 11.8 Å². The largest absolute Gasteiger partial charge is 0.309 e. The molecule has 0 spiro atoms. The zero-order chi connectivity index (χ0) is 38.8. The number of benzene rings is 6. The number of halogens is 2. The summed E-state index contributed by atoms with van der Waals surface area (Å²) in [5.74, 6) is 1.39. The van der Waals surface area contributed by atoms with Gasteiger partial charge in [-0.2, -0.15) is 0 Å². The highest BCUT2D eigenvalue weighted by Gasteiger charge is 2.20. The minimum Gasteiger partial charge on any atom is -0.309 e. The van der Waals surface area contributed by atoms with Gasteiger partial charge >= 0.3 is 0 Å². The van der Waals surface area contributed by atoms with E-state index in [-0.39, 0.29) is 0 Å². The van der Waals surface area contributed by atoms with Gasteiger partial charge in [0, 0.05) is 41.9 Å². The smallest absolute Gasteiger partial charge is 0.0573 e. The third-order valence-corrected chi connectivity index (χ3v) is 13.3. The molecule has 56 heavy (non-hydrogen) atoms. The summed E-state index contributed by atoms with van der Waals surface area (Å²) in [6.07, 6.45) is 12.3. The second kappa shape index (κ2) is 17.2. The fourth-order valence-electron chi connectivity index (χ4n) is 9.20. The average molecular weight is 867 g/mol. The van der Waals surface area contributed by atoms with Crippen molar-refractivity contribution < 1.29 is 0 Å². The first kappa shape index (κ1) is 38.7. The number of fused-ring (bicyclic) bond motifs is 6. The van der Waals surface area contributed by atoms with E-state index in [1.807, 2.05) is 0 Å². The zero-order valence-electron chi connectivity index (χ0n) is 33.4. The van der Waals surface area contributed by atoms with Crippen LogP contribution in [-0.2, 0) is 12.8 Å². The maximum absolute atomic E-state index is 3.77. The van der Waals surface area contributed by atoms with E-state index in [0.717, 1.165) is 21.8 Å². The van der Waals surface area contributed by atoms with E-state index in [1.165, 1.54) is 129 Å². The van der Waals surface area contributed by atoms with Crippen molar-refractivity contribution in [2.24, 2.45) is 11.8 Å². The van der Waals surface area contributed by atoms with E-state index in [1.54, 1.807) is 0 Å². The van der Waals surface area contributed by atoms with Gasteiger partial charge in [-0.1, -0.05) is 172 Å². The van der Waals surface area contributed by atoms with E-state index < -0.39 is 0 Å². The van der Waals surface area contributed by atoms with Gasteiger partial charge in [-0.05, 0) is 108 Å². The molecule has 6 aromatic carbocycles. The molecule has 2 unspecified atom stereocenters. The third kappa shape index (κ3) is 7.52. The van der Waals surface area contributed by atoms with E-state index in [2.05, 4.69) is 190 Å². The van der Waals surface area contributed by atoms with Crippen LogP contribution in [0.2, 0.25) is 0 Å². The molecule has 286 valence electrons. The Morgan fingerprint density at radius 3 is 1.25 bits per heavy atom. The van der Waals surface area contributed by atoms with Gasteiger partial charge in [0.1, 0.15) is 0 Å². The Kier molecular flexibility index (Phi) is 11.9. The van der Waals surface area contributed by atoms with Crippen molar-refractivity contribution in [3.05, 3.63) is 141 Å². The highest BCUT2D eigenvalue weighted by atomic mass is 79.9. The number of aromatic nitrogens is 2. The van der Waals surface area contributed by atoms with E-state index in [0.29, 0.717) is 11.8 Å². The summed E-state index contributed by atoms with van der Waals surface area (Å²) in [7, 11) is 0. The first-order valence-electron chi connectivity index (χ1n) is 21.1. The van der Waals surface area contributed by atoms with Crippen LogP contribution >= 0.6 is 31.9 Å². The van der Waals surface area contributed by atoms with Crippen molar-refractivity contribution in [1.82, 2.24) is 9.13 Å². The van der Waals surface area contributed by atoms with Crippen LogP contribution in [0.5, 0.6) is 0 Å². The summed E-state index contributed by atoms with van der Waals surface area (Å²) in [6.45, 7) is 9.32. The Morgan fingerprint density at radius 2 is 0.875 bits per heavy atom. The number of hydrogen-bond donors (Lipinski definition) is 0. The molecule has 0 N–H and O–H groups in total. The fraction of sp³-hybridized carbons (Fsp3) is 0.308. The summed E-state index contributed by atoms with van der Waals surface area (Å²) < 4.78 is 7.25. The Labute approximate surface area is 350 Å². The maximum Gasteiger partial charge on any atom is 0.0573 e. The average Bonchev–Trinajstić information content (AvgIpc) is 3.74. The molecular formula is C52H54Br2N2. The summed E-state index contributed by atoms with van der Waals surface area (Å²) in [5.41, 5.74) is 13.0. The van der Waals surface area contributed by atoms with Gasteiger partial charge in [-0.15, -0.1) is 0 Å². The summed E-state index contributed by atoms with van der Waals surface area (Å²) in [5, 5.41) is 5.25. The lowest BCUT2D eigenvalue weighted by Gasteiger charge is -2.17. The number of rotatable bonds is 15. The molecule has 2 aromatic heterocycles. The second-order valence-electron chi connectivity index (χ2n) is 16.0. The van der Waals surface area contributed by atoms with Gasteiger partial charge in [0.05, 0.1) is 22.1 Å². The molecule has 0 amide bonds. The molecule has 2 nitrogen and oxygen atoms in total. The van der Waals surface area contributed by atoms with Crippen LogP contribution in [0.1, 0.15) is 90.2 Å². The highest BCUT2D eigenvalue weighted by molar-refractivity contribution is 9.10. The molecule has 0 aliphatic rings. The SMILES string of the molecule is CCCCC(CC)Cc1cccc2c3cc(Br)ccc3n(-c3ccc(-c4ccc(-n5c6ccc(Br)cc6c6cccc(CC(CC)CCCC)c65)cc4)cc3)c12. The zero-order valence-corrected chi connectivity index (χ0v) is 36.6. The van der Waals surface area contributed by atoms with Gasteiger partial charge in [0.15, 0.2) is 0 Å². The van der Waals surface area contributed by atoms with Crippen molar-refractivity contribution in [3.8, 4) is 22.5 Å². The Balaban J connectivity index is 1.17. The number of para-hydroxylation sites is 2. The molecule has 8 rings (SSSR count). The van der Waals surface area contributed by atoms with Gasteiger partial charge in [0.25, 0.3) is 0 Å². The van der Waals surface area contributed by atoms with E-state index >= 15 is 0 Å². The van der Waals surface area contributed by atoms with Crippen molar-refractivity contribution in [3.63, 3.8) is 0 Å². The van der Waals surface area contributed by atoms with Gasteiger partial charge in [-0.25, -0.2) is 0 Å². The molecule has 2 atom stereocenters. The Bertz CT molecular complexity index is 2420. The predicted molar refractivity (Wildman–Crippen MR) is 250 cm³/mol. The minimum atomic E-state index is 0.694. The molecule has 0 saturated carbocycles. The third-order valence-electron chi connectivity index (χ3n) is 12.4. The van der Waals surface area contributed by atoms with Gasteiger partial charge < -0.3 is 9.13 Å². The van der Waals surface area contributed by atoms with E-state index in [9.17, 15) is 0 Å². The standard InChI is InChI=1S/C52H54Br2N2/c1-5-9-13-35(7-3)31-39-15-11-17-45-47-33-41(53)23-29-49(47)55(51(39)45)43-25-19-37(20-26-43)38-21-27-44(28-22-38)56-50-30-24-42(54)34-48(50)46-18-12-16-40(52(46)56)32-36(8-4)14-10-6-2/h11-12,15-30,33-36H,5-10,13-14,31-32H2,1-4H3. The molecule has 8 aromatic rings. The second-order valence-corrected chi connectivity index (χ2v) is 17.8. The monoisotopic (exact) mass is 864 g/mol. The lowest BCUT2D eigenvalue weighted by molar-refractivity contribution is 0.450. The minimum absolute atomic E-state index is 0.694. The van der Waals surface area contributed by atoms with Crippen LogP contribution in [0.3, 0.4) is 0 Å². The number of nitrogens with zero attached hydrogens (tertiary/aromatic N) is 2. The normalized spacial score (nSPS) is 13.0. The Morgan fingerprint density at radius 1 is 0.464 bits per heavy atom. The number of unbranched alkanes of at least 4 members (excludes halogenated alkanes) is 2. The fourth-order valence-corrected chi connectivity index (χ4v) is 9.93. The van der Waals surface area contributed by atoms with Crippen molar-refractivity contribution in [1.29, 1.82) is 0 Å². The van der Waals surface area contributed by atoms with Crippen LogP contribution < -0.4 is 0 Å². The van der Waals surface area contributed by atoms with Crippen LogP contribution in [0.15, 0.2) is 130 Å².